The van der Waals surface area contributed by atoms with Gasteiger partial charge < -0.3 is 4.98 Å². The standard InChI is InChI=1S/C16H13NO/c1-11-6-2-4-8-13(11)14-10-12-7-3-5-9-15(12)17-16(14)18/h2-10H,1H3,(H,17,18). The largest absolute Gasteiger partial charge is 0.321 e. The molecule has 1 N–H and O–H groups in total. The molecule has 2 aromatic carbocycles. The average Bonchev–Trinajstić information content (AvgIpc) is 2.39. The summed E-state index contributed by atoms with van der Waals surface area (Å²) in [7, 11) is 0. The normalized spacial score (nSPS) is 10.7. The average molecular weight is 235 g/mol. The van der Waals surface area contributed by atoms with E-state index >= 15 is 0 Å². The number of aromatic nitrogens is 1. The van der Waals surface area contributed by atoms with Crippen LogP contribution in [-0.2, 0) is 0 Å². The maximum atomic E-state index is 12.1. The van der Waals surface area contributed by atoms with Crippen LogP contribution in [0.4, 0.5) is 0 Å². The van der Waals surface area contributed by atoms with Gasteiger partial charge in [-0.1, -0.05) is 42.5 Å². The van der Waals surface area contributed by atoms with Crippen LogP contribution in [0.3, 0.4) is 0 Å². The van der Waals surface area contributed by atoms with E-state index in [4.69, 9.17) is 0 Å². The summed E-state index contributed by atoms with van der Waals surface area (Å²) in [4.78, 5) is 15.1. The predicted octanol–water partition coefficient (Wildman–Crippen LogP) is 3.50. The Hall–Kier alpha value is -2.35. The van der Waals surface area contributed by atoms with Crippen molar-refractivity contribution in [1.82, 2.24) is 4.98 Å². The van der Waals surface area contributed by atoms with Gasteiger partial charge in [-0.3, -0.25) is 4.79 Å². The van der Waals surface area contributed by atoms with Crippen molar-refractivity contribution in [3.05, 3.63) is 70.5 Å². The third-order valence-corrected chi connectivity index (χ3v) is 3.19. The fraction of sp³-hybridized carbons (Fsp3) is 0.0625. The molecule has 0 aliphatic heterocycles. The molecule has 0 unspecified atom stereocenters. The second kappa shape index (κ2) is 4.15. The number of fused-ring (bicyclic) bond motifs is 1. The summed E-state index contributed by atoms with van der Waals surface area (Å²) in [6.07, 6.45) is 0. The molecule has 0 atom stereocenters. The van der Waals surface area contributed by atoms with Crippen LogP contribution in [0.15, 0.2) is 59.4 Å². The molecule has 0 bridgehead atoms. The van der Waals surface area contributed by atoms with Gasteiger partial charge in [-0.25, -0.2) is 0 Å². The lowest BCUT2D eigenvalue weighted by molar-refractivity contribution is 1.30. The molecule has 0 radical (unpaired) electrons. The highest BCUT2D eigenvalue weighted by Gasteiger charge is 2.07. The van der Waals surface area contributed by atoms with E-state index in [1.54, 1.807) is 0 Å². The van der Waals surface area contributed by atoms with Gasteiger partial charge >= 0.3 is 0 Å². The highest BCUT2D eigenvalue weighted by molar-refractivity contribution is 5.83. The quantitative estimate of drug-likeness (QED) is 0.688. The van der Waals surface area contributed by atoms with Gasteiger partial charge in [0.05, 0.1) is 0 Å². The summed E-state index contributed by atoms with van der Waals surface area (Å²) >= 11 is 0. The van der Waals surface area contributed by atoms with Crippen LogP contribution in [0.5, 0.6) is 0 Å². The van der Waals surface area contributed by atoms with E-state index in [0.717, 1.165) is 27.6 Å². The summed E-state index contributed by atoms with van der Waals surface area (Å²) in [5.74, 6) is 0. The first-order valence-electron chi connectivity index (χ1n) is 5.94. The first-order chi connectivity index (χ1) is 8.75. The molecule has 3 aromatic rings. The van der Waals surface area contributed by atoms with Crippen molar-refractivity contribution in [3.8, 4) is 11.1 Å². The monoisotopic (exact) mass is 235 g/mol. The highest BCUT2D eigenvalue weighted by atomic mass is 16.1. The van der Waals surface area contributed by atoms with E-state index in [-0.39, 0.29) is 5.56 Å². The summed E-state index contributed by atoms with van der Waals surface area (Å²) in [6, 6.07) is 17.7. The van der Waals surface area contributed by atoms with Crippen LogP contribution in [0, 0.1) is 6.92 Å². The van der Waals surface area contributed by atoms with Gasteiger partial charge in [-0.15, -0.1) is 0 Å². The van der Waals surface area contributed by atoms with Crippen LogP contribution in [0.1, 0.15) is 5.56 Å². The molecule has 0 saturated carbocycles. The Balaban J connectivity index is 2.33. The molecule has 0 aliphatic carbocycles. The Morgan fingerprint density at radius 2 is 1.61 bits per heavy atom. The van der Waals surface area contributed by atoms with Crippen LogP contribution in [-0.4, -0.2) is 4.98 Å². The van der Waals surface area contributed by atoms with E-state index in [0.29, 0.717) is 0 Å². The van der Waals surface area contributed by atoms with Crippen molar-refractivity contribution >= 4 is 10.9 Å². The first kappa shape index (κ1) is 10.8. The van der Waals surface area contributed by atoms with Gasteiger partial charge in [0, 0.05) is 11.1 Å². The van der Waals surface area contributed by atoms with E-state index in [1.165, 1.54) is 0 Å². The van der Waals surface area contributed by atoms with E-state index < -0.39 is 0 Å². The fourth-order valence-corrected chi connectivity index (χ4v) is 2.22. The van der Waals surface area contributed by atoms with Gasteiger partial charge in [0.25, 0.3) is 5.56 Å². The minimum absolute atomic E-state index is 0.0389. The second-order valence-electron chi connectivity index (χ2n) is 4.41. The number of aryl methyl sites for hydroxylation is 1. The highest BCUT2D eigenvalue weighted by Crippen LogP contribution is 2.22. The van der Waals surface area contributed by atoms with Gasteiger partial charge in [-0.05, 0) is 35.6 Å². The van der Waals surface area contributed by atoms with Crippen molar-refractivity contribution in [2.24, 2.45) is 0 Å². The molecular weight excluding hydrogens is 222 g/mol. The zero-order chi connectivity index (χ0) is 12.5. The maximum Gasteiger partial charge on any atom is 0.256 e. The summed E-state index contributed by atoms with van der Waals surface area (Å²) in [5, 5.41) is 1.05. The number of H-pyrrole nitrogens is 1. The summed E-state index contributed by atoms with van der Waals surface area (Å²) < 4.78 is 0. The number of hydrogen-bond donors (Lipinski definition) is 1. The van der Waals surface area contributed by atoms with Crippen LogP contribution >= 0.6 is 0 Å². The lowest BCUT2D eigenvalue weighted by Gasteiger charge is -2.06. The zero-order valence-electron chi connectivity index (χ0n) is 10.1. The van der Waals surface area contributed by atoms with E-state index in [1.807, 2.05) is 61.5 Å². The second-order valence-corrected chi connectivity index (χ2v) is 4.41. The van der Waals surface area contributed by atoms with E-state index in [2.05, 4.69) is 4.98 Å². The number of para-hydroxylation sites is 1. The Morgan fingerprint density at radius 3 is 2.44 bits per heavy atom. The smallest absolute Gasteiger partial charge is 0.256 e. The van der Waals surface area contributed by atoms with Crippen LogP contribution in [0.25, 0.3) is 22.0 Å². The number of aromatic amines is 1. The lowest BCUT2D eigenvalue weighted by atomic mass is 10.0. The molecule has 2 nitrogen and oxygen atoms in total. The number of benzene rings is 2. The van der Waals surface area contributed by atoms with Crippen molar-refractivity contribution in [3.63, 3.8) is 0 Å². The molecule has 1 aromatic heterocycles. The number of hydrogen-bond acceptors (Lipinski definition) is 1. The molecule has 2 heteroatoms. The topological polar surface area (TPSA) is 32.9 Å². The molecule has 88 valence electrons. The molecule has 0 fully saturated rings. The molecule has 3 rings (SSSR count). The van der Waals surface area contributed by atoms with Crippen molar-refractivity contribution < 1.29 is 0 Å². The van der Waals surface area contributed by atoms with Gasteiger partial charge in [0.15, 0.2) is 0 Å². The van der Waals surface area contributed by atoms with Gasteiger partial charge in [-0.2, -0.15) is 0 Å². The van der Waals surface area contributed by atoms with Gasteiger partial charge in [0.2, 0.25) is 0 Å². The Morgan fingerprint density at radius 1 is 0.889 bits per heavy atom. The minimum atomic E-state index is -0.0389. The van der Waals surface area contributed by atoms with Crippen molar-refractivity contribution in [2.75, 3.05) is 0 Å². The number of rotatable bonds is 1. The summed E-state index contributed by atoms with van der Waals surface area (Å²) in [5.41, 5.74) is 3.66. The Kier molecular flexibility index (Phi) is 2.49. The maximum absolute atomic E-state index is 12.1. The molecule has 0 aliphatic rings. The molecule has 0 saturated heterocycles. The predicted molar refractivity (Wildman–Crippen MR) is 74.7 cm³/mol. The van der Waals surface area contributed by atoms with Gasteiger partial charge in [0.1, 0.15) is 0 Å². The molecule has 1 heterocycles. The van der Waals surface area contributed by atoms with Crippen LogP contribution < -0.4 is 5.56 Å². The van der Waals surface area contributed by atoms with E-state index in [9.17, 15) is 4.79 Å². The minimum Gasteiger partial charge on any atom is -0.321 e. The SMILES string of the molecule is Cc1ccccc1-c1cc2ccccc2[nH]c1=O. The first-order valence-corrected chi connectivity index (χ1v) is 5.94. The molecule has 18 heavy (non-hydrogen) atoms. The third-order valence-electron chi connectivity index (χ3n) is 3.19. The fourth-order valence-electron chi connectivity index (χ4n) is 2.22. The van der Waals surface area contributed by atoms with Crippen molar-refractivity contribution in [1.29, 1.82) is 0 Å². The third kappa shape index (κ3) is 1.72. The Bertz CT molecular complexity index is 771. The van der Waals surface area contributed by atoms with Crippen LogP contribution in [0.2, 0.25) is 0 Å². The molecule has 0 spiro atoms. The number of nitrogens with one attached hydrogen (secondary N) is 1. The molecule has 0 amide bonds. The number of pyridine rings is 1. The van der Waals surface area contributed by atoms with Crippen molar-refractivity contribution in [2.45, 2.75) is 6.92 Å². The molecular formula is C16H13NO. The lowest BCUT2D eigenvalue weighted by Crippen LogP contribution is -2.09. The zero-order valence-corrected chi connectivity index (χ0v) is 10.1. The Labute approximate surface area is 105 Å². The summed E-state index contributed by atoms with van der Waals surface area (Å²) in [6.45, 7) is 2.02.